The molecule has 5 nitrogen and oxygen atoms in total. The Morgan fingerprint density at radius 1 is 1.32 bits per heavy atom. The summed E-state index contributed by atoms with van der Waals surface area (Å²) in [6.45, 7) is 10.3. The van der Waals surface area contributed by atoms with E-state index in [-0.39, 0.29) is 6.09 Å². The lowest BCUT2D eigenvalue weighted by Gasteiger charge is -2.19. The third-order valence-electron chi connectivity index (χ3n) is 2.63. The summed E-state index contributed by atoms with van der Waals surface area (Å²) in [5.74, 6) is 0.921. The van der Waals surface area contributed by atoms with Crippen molar-refractivity contribution in [3.05, 3.63) is 17.2 Å². The lowest BCUT2D eigenvalue weighted by molar-refractivity contribution is 0.0528. The van der Waals surface area contributed by atoms with Gasteiger partial charge < -0.3 is 15.0 Å². The smallest absolute Gasteiger partial charge is 0.407 e. The van der Waals surface area contributed by atoms with Gasteiger partial charge in [0.15, 0.2) is 0 Å². The van der Waals surface area contributed by atoms with E-state index in [4.69, 9.17) is 4.74 Å². The van der Waals surface area contributed by atoms with Crippen molar-refractivity contribution in [3.8, 4) is 0 Å². The molecule has 5 heteroatoms. The van der Waals surface area contributed by atoms with Crippen LogP contribution in [0, 0.1) is 0 Å². The van der Waals surface area contributed by atoms with E-state index in [1.54, 1.807) is 0 Å². The molecule has 2 N–H and O–H groups in total. The zero-order valence-corrected chi connectivity index (χ0v) is 12.6. The number of aryl methyl sites for hydroxylation is 2. The third-order valence-corrected chi connectivity index (χ3v) is 2.63. The van der Waals surface area contributed by atoms with Gasteiger partial charge in [0, 0.05) is 18.7 Å². The molecule has 0 bridgehead atoms. The largest absolute Gasteiger partial charge is 0.444 e. The van der Waals surface area contributed by atoms with Crippen LogP contribution in [0.1, 0.15) is 51.8 Å². The predicted octanol–water partition coefficient (Wildman–Crippen LogP) is 2.60. The fraction of sp³-hybridized carbons (Fsp3) is 0.714. The molecule has 1 rings (SSSR count). The Labute approximate surface area is 115 Å². The Balaban J connectivity index is 2.41. The van der Waals surface area contributed by atoms with E-state index in [0.717, 1.165) is 24.4 Å². The van der Waals surface area contributed by atoms with E-state index < -0.39 is 5.60 Å². The quantitative estimate of drug-likeness (QED) is 0.861. The van der Waals surface area contributed by atoms with E-state index in [2.05, 4.69) is 29.1 Å². The number of hydrogen-bond acceptors (Lipinski definition) is 3. The van der Waals surface area contributed by atoms with Crippen molar-refractivity contribution in [1.29, 1.82) is 0 Å². The zero-order chi connectivity index (χ0) is 14.5. The van der Waals surface area contributed by atoms with Crippen molar-refractivity contribution >= 4 is 6.09 Å². The third kappa shape index (κ3) is 5.32. The molecule has 1 aromatic heterocycles. The Bertz CT molecular complexity index is 397. The molecule has 0 spiro atoms. The maximum Gasteiger partial charge on any atom is 0.407 e. The van der Waals surface area contributed by atoms with Gasteiger partial charge in [-0.05, 0) is 33.6 Å². The number of aromatic nitrogens is 2. The van der Waals surface area contributed by atoms with Crippen LogP contribution in [0.5, 0.6) is 0 Å². The number of carbonyl (C=O) groups excluding carboxylic acids is 1. The van der Waals surface area contributed by atoms with Crippen LogP contribution in [0.2, 0.25) is 0 Å². The maximum atomic E-state index is 11.5. The van der Waals surface area contributed by atoms with Crippen molar-refractivity contribution in [2.24, 2.45) is 0 Å². The highest BCUT2D eigenvalue weighted by atomic mass is 16.6. The SMILES string of the molecule is CCc1nc(CCNC(=O)OC(C)(C)C)[nH]c1CC. The van der Waals surface area contributed by atoms with Gasteiger partial charge in [0.1, 0.15) is 11.4 Å². The molecule has 0 aliphatic carbocycles. The number of nitrogens with one attached hydrogen (secondary N) is 2. The van der Waals surface area contributed by atoms with Crippen LogP contribution in [-0.4, -0.2) is 28.2 Å². The van der Waals surface area contributed by atoms with Crippen LogP contribution < -0.4 is 5.32 Å². The number of nitrogens with zero attached hydrogens (tertiary/aromatic N) is 1. The highest BCUT2D eigenvalue weighted by Gasteiger charge is 2.15. The van der Waals surface area contributed by atoms with Crippen molar-refractivity contribution < 1.29 is 9.53 Å². The summed E-state index contributed by atoms with van der Waals surface area (Å²) in [7, 11) is 0. The molecule has 1 amide bonds. The highest BCUT2D eigenvalue weighted by Crippen LogP contribution is 2.09. The standard InChI is InChI=1S/C14H25N3O2/c1-6-10-11(7-2)17-12(16-10)8-9-15-13(18)19-14(3,4)5/h6-9H2,1-5H3,(H,15,18)(H,16,17). The molecular weight excluding hydrogens is 242 g/mol. The van der Waals surface area contributed by atoms with Gasteiger partial charge in [-0.3, -0.25) is 0 Å². The number of alkyl carbamates (subject to hydrolysis) is 1. The highest BCUT2D eigenvalue weighted by molar-refractivity contribution is 5.67. The number of aromatic amines is 1. The first kappa shape index (κ1) is 15.5. The minimum atomic E-state index is -0.459. The van der Waals surface area contributed by atoms with Crippen LogP contribution in [0.15, 0.2) is 0 Å². The molecule has 0 radical (unpaired) electrons. The van der Waals surface area contributed by atoms with Gasteiger partial charge in [-0.2, -0.15) is 0 Å². The summed E-state index contributed by atoms with van der Waals surface area (Å²) in [5, 5.41) is 2.73. The van der Waals surface area contributed by atoms with E-state index in [0.29, 0.717) is 13.0 Å². The second-order valence-electron chi connectivity index (χ2n) is 5.49. The Hall–Kier alpha value is -1.52. The van der Waals surface area contributed by atoms with Crippen molar-refractivity contribution in [2.45, 2.75) is 59.5 Å². The molecule has 0 atom stereocenters. The minimum absolute atomic E-state index is 0.384. The van der Waals surface area contributed by atoms with Crippen LogP contribution in [0.25, 0.3) is 0 Å². The molecule has 0 unspecified atom stereocenters. The molecule has 0 saturated heterocycles. The number of imidazole rings is 1. The van der Waals surface area contributed by atoms with Gasteiger partial charge >= 0.3 is 6.09 Å². The summed E-state index contributed by atoms with van der Waals surface area (Å²) in [4.78, 5) is 19.3. The van der Waals surface area contributed by atoms with Gasteiger partial charge in [-0.15, -0.1) is 0 Å². The minimum Gasteiger partial charge on any atom is -0.444 e. The monoisotopic (exact) mass is 267 g/mol. The van der Waals surface area contributed by atoms with E-state index in [1.165, 1.54) is 5.69 Å². The lowest BCUT2D eigenvalue weighted by atomic mass is 10.2. The normalized spacial score (nSPS) is 11.4. The molecule has 0 aliphatic heterocycles. The number of H-pyrrole nitrogens is 1. The summed E-state index contributed by atoms with van der Waals surface area (Å²) >= 11 is 0. The number of rotatable bonds is 5. The van der Waals surface area contributed by atoms with Gasteiger partial charge in [0.25, 0.3) is 0 Å². The molecule has 0 aliphatic rings. The maximum absolute atomic E-state index is 11.5. The van der Waals surface area contributed by atoms with Crippen LogP contribution in [-0.2, 0) is 24.0 Å². The average Bonchev–Trinajstić information content (AvgIpc) is 2.69. The molecule has 0 aromatic carbocycles. The Kier molecular flexibility index (Phi) is 5.39. The Morgan fingerprint density at radius 3 is 2.47 bits per heavy atom. The van der Waals surface area contributed by atoms with Crippen LogP contribution >= 0.6 is 0 Å². The van der Waals surface area contributed by atoms with Crippen LogP contribution in [0.4, 0.5) is 4.79 Å². The predicted molar refractivity (Wildman–Crippen MR) is 75.3 cm³/mol. The first-order valence-corrected chi connectivity index (χ1v) is 6.89. The first-order valence-electron chi connectivity index (χ1n) is 6.89. The molecule has 1 heterocycles. The van der Waals surface area contributed by atoms with Gasteiger partial charge in [0.05, 0.1) is 5.69 Å². The number of amides is 1. The molecular formula is C14H25N3O2. The van der Waals surface area contributed by atoms with E-state index in [1.807, 2.05) is 20.8 Å². The fourth-order valence-electron chi connectivity index (χ4n) is 1.81. The average molecular weight is 267 g/mol. The molecule has 0 fully saturated rings. The first-order chi connectivity index (χ1) is 8.85. The second kappa shape index (κ2) is 6.59. The summed E-state index contributed by atoms with van der Waals surface area (Å²) < 4.78 is 5.17. The fourth-order valence-corrected chi connectivity index (χ4v) is 1.81. The van der Waals surface area contributed by atoms with Crippen molar-refractivity contribution in [3.63, 3.8) is 0 Å². The van der Waals surface area contributed by atoms with Gasteiger partial charge in [0.2, 0.25) is 0 Å². The van der Waals surface area contributed by atoms with Crippen LogP contribution in [0.3, 0.4) is 0 Å². The molecule has 0 saturated carbocycles. The van der Waals surface area contributed by atoms with Gasteiger partial charge in [-0.25, -0.2) is 9.78 Å². The second-order valence-corrected chi connectivity index (χ2v) is 5.49. The number of carbonyl (C=O) groups is 1. The summed E-state index contributed by atoms with van der Waals surface area (Å²) in [5.41, 5.74) is 1.85. The number of hydrogen-bond donors (Lipinski definition) is 2. The van der Waals surface area contributed by atoms with Crippen molar-refractivity contribution in [1.82, 2.24) is 15.3 Å². The van der Waals surface area contributed by atoms with E-state index in [9.17, 15) is 4.79 Å². The van der Waals surface area contributed by atoms with Gasteiger partial charge in [-0.1, -0.05) is 13.8 Å². The summed E-state index contributed by atoms with van der Waals surface area (Å²) in [6.07, 6.45) is 2.19. The molecule has 19 heavy (non-hydrogen) atoms. The number of ether oxygens (including phenoxy) is 1. The molecule has 108 valence electrons. The zero-order valence-electron chi connectivity index (χ0n) is 12.6. The van der Waals surface area contributed by atoms with E-state index >= 15 is 0 Å². The lowest BCUT2D eigenvalue weighted by Crippen LogP contribution is -2.33. The topological polar surface area (TPSA) is 67.0 Å². The van der Waals surface area contributed by atoms with Crippen molar-refractivity contribution in [2.75, 3.05) is 6.54 Å². The Morgan fingerprint density at radius 2 is 2.00 bits per heavy atom. The molecule has 1 aromatic rings. The summed E-state index contributed by atoms with van der Waals surface area (Å²) in [6, 6.07) is 0.